The Hall–Kier alpha value is -1.88. The molecule has 5 heteroatoms. The molecule has 0 aromatic heterocycles. The molecule has 1 aliphatic carbocycles. The Bertz CT molecular complexity index is 438. The predicted molar refractivity (Wildman–Crippen MR) is 69.2 cm³/mol. The highest BCUT2D eigenvalue weighted by Crippen LogP contribution is 2.19. The summed E-state index contributed by atoms with van der Waals surface area (Å²) in [7, 11) is 0. The Morgan fingerprint density at radius 3 is 2.44 bits per heavy atom. The first kappa shape index (κ1) is 12.6. The van der Waals surface area contributed by atoms with Crippen LogP contribution in [0.4, 0.5) is 5.69 Å². The van der Waals surface area contributed by atoms with Crippen LogP contribution in [0.2, 0.25) is 0 Å². The first-order chi connectivity index (χ1) is 8.69. The first-order valence-corrected chi connectivity index (χ1v) is 6.10. The monoisotopic (exact) mass is 247 g/mol. The van der Waals surface area contributed by atoms with Gasteiger partial charge >= 0.3 is 0 Å². The molecule has 4 N–H and O–H groups in total. The first-order valence-electron chi connectivity index (χ1n) is 6.10. The van der Waals surface area contributed by atoms with Gasteiger partial charge in [-0.1, -0.05) is 0 Å². The number of carbonyl (C=O) groups excluding carboxylic acids is 2. The molecule has 1 fully saturated rings. The largest absolute Gasteiger partial charge is 0.349 e. The number of carbonyl (C=O) groups is 2. The van der Waals surface area contributed by atoms with E-state index >= 15 is 0 Å². The van der Waals surface area contributed by atoms with Crippen molar-refractivity contribution in [2.45, 2.75) is 25.3 Å². The summed E-state index contributed by atoms with van der Waals surface area (Å²) in [4.78, 5) is 23.0. The Balaban J connectivity index is 1.91. The minimum absolute atomic E-state index is 0.0580. The molecule has 0 bridgehead atoms. The van der Waals surface area contributed by atoms with Crippen LogP contribution in [0, 0.1) is 0 Å². The van der Waals surface area contributed by atoms with Crippen molar-refractivity contribution in [2.75, 3.05) is 11.9 Å². The summed E-state index contributed by atoms with van der Waals surface area (Å²) < 4.78 is 0. The number of benzene rings is 1. The molecule has 0 saturated heterocycles. The lowest BCUT2D eigenvalue weighted by Crippen LogP contribution is -2.25. The molecule has 0 heterocycles. The minimum Gasteiger partial charge on any atom is -0.349 e. The molecule has 1 aliphatic rings. The molecule has 0 spiro atoms. The van der Waals surface area contributed by atoms with Crippen molar-refractivity contribution in [3.63, 3.8) is 0 Å². The predicted octanol–water partition coefficient (Wildman–Crippen LogP) is 0.866. The summed E-state index contributed by atoms with van der Waals surface area (Å²) in [6, 6.07) is 7.19. The van der Waals surface area contributed by atoms with Crippen molar-refractivity contribution >= 4 is 17.5 Å². The average Bonchev–Trinajstić information content (AvgIpc) is 3.14. The third-order valence-electron chi connectivity index (χ3n) is 2.71. The normalized spacial score (nSPS) is 14.1. The van der Waals surface area contributed by atoms with Gasteiger partial charge < -0.3 is 16.4 Å². The Morgan fingerprint density at radius 2 is 1.89 bits per heavy atom. The van der Waals surface area contributed by atoms with Crippen LogP contribution < -0.4 is 16.4 Å². The van der Waals surface area contributed by atoms with Gasteiger partial charge in [0, 0.05) is 30.3 Å². The second-order valence-corrected chi connectivity index (χ2v) is 4.41. The topological polar surface area (TPSA) is 84.2 Å². The quantitative estimate of drug-likeness (QED) is 0.721. The Morgan fingerprint density at radius 1 is 1.22 bits per heavy atom. The van der Waals surface area contributed by atoms with Crippen LogP contribution in [-0.4, -0.2) is 24.4 Å². The van der Waals surface area contributed by atoms with E-state index in [1.54, 1.807) is 24.3 Å². The van der Waals surface area contributed by atoms with Crippen molar-refractivity contribution < 1.29 is 9.59 Å². The summed E-state index contributed by atoms with van der Waals surface area (Å²) in [5.41, 5.74) is 6.57. The van der Waals surface area contributed by atoms with E-state index in [1.807, 2.05) is 0 Å². The highest BCUT2D eigenvalue weighted by molar-refractivity contribution is 5.96. The lowest BCUT2D eigenvalue weighted by atomic mass is 10.2. The molecule has 5 nitrogen and oxygen atoms in total. The third-order valence-corrected chi connectivity index (χ3v) is 2.71. The molecular formula is C13H17N3O2. The number of rotatable bonds is 5. The van der Waals surface area contributed by atoms with Crippen LogP contribution >= 0.6 is 0 Å². The van der Waals surface area contributed by atoms with Gasteiger partial charge in [-0.3, -0.25) is 9.59 Å². The lowest BCUT2D eigenvalue weighted by molar-refractivity contribution is -0.116. The zero-order valence-electron chi connectivity index (χ0n) is 10.1. The van der Waals surface area contributed by atoms with Gasteiger partial charge in [0.05, 0.1) is 0 Å². The van der Waals surface area contributed by atoms with Crippen molar-refractivity contribution in [3.05, 3.63) is 29.8 Å². The van der Waals surface area contributed by atoms with Gasteiger partial charge in [-0.25, -0.2) is 0 Å². The van der Waals surface area contributed by atoms with E-state index in [-0.39, 0.29) is 11.8 Å². The van der Waals surface area contributed by atoms with Crippen LogP contribution in [-0.2, 0) is 4.79 Å². The zero-order chi connectivity index (χ0) is 13.0. The smallest absolute Gasteiger partial charge is 0.251 e. The molecule has 18 heavy (non-hydrogen) atoms. The molecule has 2 amide bonds. The van der Waals surface area contributed by atoms with E-state index in [1.165, 1.54) is 0 Å². The highest BCUT2D eigenvalue weighted by atomic mass is 16.2. The lowest BCUT2D eigenvalue weighted by Gasteiger charge is -2.06. The summed E-state index contributed by atoms with van der Waals surface area (Å²) in [6.07, 6.45) is 2.43. The van der Waals surface area contributed by atoms with Gasteiger partial charge in [-0.15, -0.1) is 0 Å². The Kier molecular flexibility index (Phi) is 3.94. The SMILES string of the molecule is NCCC(=O)Nc1ccc(C(=O)NC2CC2)cc1. The number of amides is 2. The average molecular weight is 247 g/mol. The van der Waals surface area contributed by atoms with Gasteiger partial charge in [0.15, 0.2) is 0 Å². The fourth-order valence-corrected chi connectivity index (χ4v) is 1.56. The van der Waals surface area contributed by atoms with E-state index in [0.717, 1.165) is 12.8 Å². The minimum atomic E-state index is -0.118. The summed E-state index contributed by atoms with van der Waals surface area (Å²) >= 11 is 0. The van der Waals surface area contributed by atoms with Crippen molar-refractivity contribution in [1.29, 1.82) is 0 Å². The fraction of sp³-hybridized carbons (Fsp3) is 0.385. The third kappa shape index (κ3) is 3.56. The second kappa shape index (κ2) is 5.64. The van der Waals surface area contributed by atoms with Crippen molar-refractivity contribution in [2.24, 2.45) is 5.73 Å². The molecule has 0 radical (unpaired) electrons. The molecule has 1 saturated carbocycles. The second-order valence-electron chi connectivity index (χ2n) is 4.41. The number of anilines is 1. The van der Waals surface area contributed by atoms with E-state index in [0.29, 0.717) is 30.3 Å². The maximum atomic E-state index is 11.7. The molecular weight excluding hydrogens is 230 g/mol. The molecule has 0 unspecified atom stereocenters. The number of nitrogens with one attached hydrogen (secondary N) is 2. The van der Waals surface area contributed by atoms with Crippen LogP contribution in [0.1, 0.15) is 29.6 Å². The number of nitrogens with two attached hydrogens (primary N) is 1. The van der Waals surface area contributed by atoms with E-state index < -0.39 is 0 Å². The van der Waals surface area contributed by atoms with Crippen molar-refractivity contribution in [3.8, 4) is 0 Å². The molecule has 1 aromatic rings. The fourth-order valence-electron chi connectivity index (χ4n) is 1.56. The van der Waals surface area contributed by atoms with E-state index in [9.17, 15) is 9.59 Å². The standard InChI is InChI=1S/C13H17N3O2/c14-8-7-12(17)15-10-3-1-9(2-4-10)13(18)16-11-5-6-11/h1-4,11H,5-8,14H2,(H,15,17)(H,16,18). The maximum Gasteiger partial charge on any atom is 0.251 e. The zero-order valence-corrected chi connectivity index (χ0v) is 10.1. The van der Waals surface area contributed by atoms with Crippen molar-refractivity contribution in [1.82, 2.24) is 5.32 Å². The molecule has 1 aromatic carbocycles. The van der Waals surface area contributed by atoms with Crippen LogP contribution in [0.15, 0.2) is 24.3 Å². The van der Waals surface area contributed by atoms with Gasteiger partial charge in [0.2, 0.25) is 5.91 Å². The molecule has 2 rings (SSSR count). The highest BCUT2D eigenvalue weighted by Gasteiger charge is 2.23. The molecule has 96 valence electrons. The summed E-state index contributed by atoms with van der Waals surface area (Å²) in [5, 5.41) is 5.62. The van der Waals surface area contributed by atoms with E-state index in [2.05, 4.69) is 10.6 Å². The summed E-state index contributed by atoms with van der Waals surface area (Å²) in [5.74, 6) is -0.176. The number of hydrogen-bond acceptors (Lipinski definition) is 3. The number of hydrogen-bond donors (Lipinski definition) is 3. The maximum absolute atomic E-state index is 11.7. The summed E-state index contributed by atoms with van der Waals surface area (Å²) in [6.45, 7) is 0.327. The Labute approximate surface area is 106 Å². The van der Waals surface area contributed by atoms with Crippen LogP contribution in [0.25, 0.3) is 0 Å². The van der Waals surface area contributed by atoms with Crippen LogP contribution in [0.3, 0.4) is 0 Å². The van der Waals surface area contributed by atoms with Gasteiger partial charge in [0.1, 0.15) is 0 Å². The van der Waals surface area contributed by atoms with Gasteiger partial charge in [0.25, 0.3) is 5.91 Å². The molecule has 0 aliphatic heterocycles. The van der Waals surface area contributed by atoms with E-state index in [4.69, 9.17) is 5.73 Å². The molecule has 0 atom stereocenters. The van der Waals surface area contributed by atoms with Gasteiger partial charge in [-0.2, -0.15) is 0 Å². The van der Waals surface area contributed by atoms with Gasteiger partial charge in [-0.05, 0) is 37.1 Å². The van der Waals surface area contributed by atoms with Crippen LogP contribution in [0.5, 0.6) is 0 Å².